The van der Waals surface area contributed by atoms with E-state index < -0.39 is 12.0 Å². The quantitative estimate of drug-likeness (QED) is 0.881. The van der Waals surface area contributed by atoms with Crippen molar-refractivity contribution in [3.05, 3.63) is 29.8 Å². The highest BCUT2D eigenvalue weighted by Gasteiger charge is 2.34. The van der Waals surface area contributed by atoms with Crippen LogP contribution in [0.5, 0.6) is 5.75 Å². The molecule has 3 nitrogen and oxygen atoms in total. The van der Waals surface area contributed by atoms with Crippen molar-refractivity contribution < 1.29 is 23.0 Å². The van der Waals surface area contributed by atoms with Crippen LogP contribution in [0.25, 0.3) is 0 Å². The van der Waals surface area contributed by atoms with Gasteiger partial charge in [-0.05, 0) is 43.6 Å². The highest BCUT2D eigenvalue weighted by Crippen LogP contribution is 2.33. The molecule has 0 atom stereocenters. The van der Waals surface area contributed by atoms with E-state index >= 15 is 0 Å². The fourth-order valence-electron chi connectivity index (χ4n) is 2.11. The van der Waals surface area contributed by atoms with Crippen LogP contribution in [0, 0.1) is 0 Å². The van der Waals surface area contributed by atoms with Crippen LogP contribution in [0.4, 0.5) is 13.2 Å². The van der Waals surface area contributed by atoms with Gasteiger partial charge in [-0.2, -0.15) is 0 Å². The molecule has 0 bridgehead atoms. The zero-order valence-corrected chi connectivity index (χ0v) is 10.9. The number of hydrogen-bond acceptors (Lipinski definition) is 3. The first-order valence-corrected chi connectivity index (χ1v) is 5.68. The summed E-state index contributed by atoms with van der Waals surface area (Å²) in [5.41, 5.74) is -0.610. The topological polar surface area (TPSA) is 41.5 Å². The van der Waals surface area contributed by atoms with Crippen LogP contribution in [0.3, 0.4) is 0 Å². The summed E-state index contributed by atoms with van der Waals surface area (Å²) in [6, 6.07) is 5.55. The van der Waals surface area contributed by atoms with Gasteiger partial charge in [-0.1, -0.05) is 12.1 Å². The highest BCUT2D eigenvalue weighted by atomic mass is 35.5. The molecule has 0 aliphatic carbocycles. The van der Waals surface area contributed by atoms with Crippen molar-refractivity contribution in [2.75, 3.05) is 13.1 Å². The lowest BCUT2D eigenvalue weighted by molar-refractivity contribution is -0.274. The number of rotatable bonds is 2. The van der Waals surface area contributed by atoms with E-state index in [0.29, 0.717) is 31.5 Å². The summed E-state index contributed by atoms with van der Waals surface area (Å²) in [6.45, 7) is 1.28. The van der Waals surface area contributed by atoms with E-state index in [2.05, 4.69) is 10.1 Å². The predicted molar refractivity (Wildman–Crippen MR) is 66.4 cm³/mol. The van der Waals surface area contributed by atoms with Gasteiger partial charge in [0.1, 0.15) is 5.75 Å². The van der Waals surface area contributed by atoms with Gasteiger partial charge >= 0.3 is 6.36 Å². The van der Waals surface area contributed by atoms with Gasteiger partial charge in [0.05, 0.1) is 5.60 Å². The second-order valence-corrected chi connectivity index (χ2v) is 4.36. The fraction of sp³-hybridized carbons (Fsp3) is 0.500. The van der Waals surface area contributed by atoms with Crippen LogP contribution in [0.2, 0.25) is 0 Å². The first kappa shape index (κ1) is 16.1. The minimum Gasteiger partial charge on any atom is -0.406 e. The van der Waals surface area contributed by atoms with Gasteiger partial charge < -0.3 is 15.2 Å². The zero-order chi connectivity index (χ0) is 13.2. The maximum Gasteiger partial charge on any atom is 0.573 e. The van der Waals surface area contributed by atoms with Gasteiger partial charge in [-0.15, -0.1) is 25.6 Å². The van der Waals surface area contributed by atoms with Crippen molar-refractivity contribution in [3.8, 4) is 5.75 Å². The number of alkyl halides is 3. The molecule has 108 valence electrons. The summed E-state index contributed by atoms with van der Waals surface area (Å²) < 4.78 is 40.2. The monoisotopic (exact) mass is 297 g/mol. The van der Waals surface area contributed by atoms with E-state index in [9.17, 15) is 18.3 Å². The lowest BCUT2D eigenvalue weighted by atomic mass is 9.85. The smallest absolute Gasteiger partial charge is 0.406 e. The number of ether oxygens (including phenoxy) is 1. The Labute approximate surface area is 115 Å². The van der Waals surface area contributed by atoms with Crippen molar-refractivity contribution >= 4 is 12.4 Å². The molecule has 1 aliphatic rings. The molecular weight excluding hydrogens is 283 g/mol. The lowest BCUT2D eigenvalue weighted by Crippen LogP contribution is -2.39. The van der Waals surface area contributed by atoms with Crippen LogP contribution < -0.4 is 10.1 Å². The molecule has 0 amide bonds. The van der Waals surface area contributed by atoms with E-state index in [1.54, 1.807) is 6.07 Å². The van der Waals surface area contributed by atoms with E-state index in [1.807, 2.05) is 0 Å². The predicted octanol–water partition coefficient (Wildman–Crippen LogP) is 2.58. The summed E-state index contributed by atoms with van der Waals surface area (Å²) in [4.78, 5) is 0. The maximum absolute atomic E-state index is 12.1. The summed E-state index contributed by atoms with van der Waals surface area (Å²) in [6.07, 6.45) is -3.76. The number of piperidine rings is 1. The highest BCUT2D eigenvalue weighted by molar-refractivity contribution is 5.85. The molecule has 1 aromatic carbocycles. The molecular formula is C12H15ClF3NO2. The Kier molecular flexibility index (Phi) is 5.06. The second-order valence-electron chi connectivity index (χ2n) is 4.36. The Morgan fingerprint density at radius 1 is 1.21 bits per heavy atom. The van der Waals surface area contributed by atoms with Crippen molar-refractivity contribution in [1.29, 1.82) is 0 Å². The Morgan fingerprint density at radius 3 is 2.42 bits per heavy atom. The SMILES string of the molecule is Cl.OC1(c2cccc(OC(F)(F)F)c2)CCNCC1. The summed E-state index contributed by atoms with van der Waals surface area (Å²) in [7, 11) is 0. The molecule has 1 aliphatic heterocycles. The molecule has 7 heteroatoms. The van der Waals surface area contributed by atoms with Crippen molar-refractivity contribution in [2.45, 2.75) is 24.8 Å². The normalized spacial score (nSPS) is 18.5. The Hall–Kier alpha value is -0.980. The molecule has 0 spiro atoms. The maximum atomic E-state index is 12.1. The van der Waals surface area contributed by atoms with E-state index in [1.165, 1.54) is 18.2 Å². The van der Waals surface area contributed by atoms with Gasteiger partial charge in [0, 0.05) is 0 Å². The van der Waals surface area contributed by atoms with Crippen LogP contribution in [-0.4, -0.2) is 24.6 Å². The van der Waals surface area contributed by atoms with Gasteiger partial charge in [0.25, 0.3) is 0 Å². The Balaban J connectivity index is 0.00000180. The molecule has 2 N–H and O–H groups in total. The molecule has 1 fully saturated rings. The third-order valence-corrected chi connectivity index (χ3v) is 3.04. The van der Waals surface area contributed by atoms with Gasteiger partial charge in [0.2, 0.25) is 0 Å². The summed E-state index contributed by atoms with van der Waals surface area (Å²) in [5, 5.41) is 13.5. The standard InChI is InChI=1S/C12H14F3NO2.ClH/c13-12(14,15)18-10-3-1-2-9(8-10)11(17)4-6-16-7-5-11;/h1-3,8,16-17H,4-7H2;1H. The summed E-state index contributed by atoms with van der Waals surface area (Å²) >= 11 is 0. The molecule has 1 saturated heterocycles. The molecule has 1 aromatic rings. The molecule has 0 aromatic heterocycles. The number of aliphatic hydroxyl groups is 1. The Bertz CT molecular complexity index is 420. The van der Waals surface area contributed by atoms with Crippen LogP contribution >= 0.6 is 12.4 Å². The number of halogens is 4. The fourth-order valence-corrected chi connectivity index (χ4v) is 2.11. The minimum absolute atomic E-state index is 0. The first-order valence-electron chi connectivity index (χ1n) is 5.68. The van der Waals surface area contributed by atoms with Crippen molar-refractivity contribution in [2.24, 2.45) is 0 Å². The van der Waals surface area contributed by atoms with Crippen molar-refractivity contribution in [3.63, 3.8) is 0 Å². The lowest BCUT2D eigenvalue weighted by Gasteiger charge is -2.33. The number of nitrogens with one attached hydrogen (secondary N) is 1. The molecule has 1 heterocycles. The Morgan fingerprint density at radius 2 is 1.84 bits per heavy atom. The minimum atomic E-state index is -4.71. The third kappa shape index (κ3) is 4.26. The molecule has 0 radical (unpaired) electrons. The first-order chi connectivity index (χ1) is 8.39. The molecule has 19 heavy (non-hydrogen) atoms. The third-order valence-electron chi connectivity index (χ3n) is 3.04. The second kappa shape index (κ2) is 5.98. The van der Waals surface area contributed by atoms with Gasteiger partial charge in [0.15, 0.2) is 0 Å². The van der Waals surface area contributed by atoms with Crippen molar-refractivity contribution in [1.82, 2.24) is 5.32 Å². The number of hydrogen-bond donors (Lipinski definition) is 2. The van der Waals surface area contributed by atoms with E-state index in [-0.39, 0.29) is 18.2 Å². The average Bonchev–Trinajstić information content (AvgIpc) is 2.28. The molecule has 2 rings (SSSR count). The largest absolute Gasteiger partial charge is 0.573 e. The van der Waals surface area contributed by atoms with Gasteiger partial charge in [-0.25, -0.2) is 0 Å². The zero-order valence-electron chi connectivity index (χ0n) is 10.0. The number of benzene rings is 1. The van der Waals surface area contributed by atoms with E-state index in [0.717, 1.165) is 0 Å². The van der Waals surface area contributed by atoms with Crippen LogP contribution in [-0.2, 0) is 5.60 Å². The molecule has 0 unspecified atom stereocenters. The molecule has 0 saturated carbocycles. The average molecular weight is 298 g/mol. The summed E-state index contributed by atoms with van der Waals surface area (Å²) in [5.74, 6) is -0.299. The van der Waals surface area contributed by atoms with Crippen LogP contribution in [0.1, 0.15) is 18.4 Å². The van der Waals surface area contributed by atoms with Gasteiger partial charge in [-0.3, -0.25) is 0 Å². The van der Waals surface area contributed by atoms with E-state index in [4.69, 9.17) is 0 Å². The van der Waals surface area contributed by atoms with Crippen LogP contribution in [0.15, 0.2) is 24.3 Å².